The van der Waals surface area contributed by atoms with Gasteiger partial charge in [-0.05, 0) is 67.5 Å². The Kier molecular flexibility index (Phi) is 10.8. The molecular formula is C34H43N3O4S. The third kappa shape index (κ3) is 8.92. The second-order valence-electron chi connectivity index (χ2n) is 11.5. The van der Waals surface area contributed by atoms with Crippen molar-refractivity contribution >= 4 is 27.5 Å². The Hall–Kier alpha value is -3.65. The van der Waals surface area contributed by atoms with Gasteiger partial charge in [0.05, 0.1) is 11.9 Å². The highest BCUT2D eigenvalue weighted by molar-refractivity contribution is 7.92. The molecule has 8 heteroatoms. The van der Waals surface area contributed by atoms with E-state index < -0.39 is 16.1 Å². The normalized spacial score (nSPS) is 14.4. The first-order valence-corrected chi connectivity index (χ1v) is 16.7. The predicted molar refractivity (Wildman–Crippen MR) is 169 cm³/mol. The Morgan fingerprint density at radius 3 is 2.02 bits per heavy atom. The van der Waals surface area contributed by atoms with Crippen molar-refractivity contribution in [1.82, 2.24) is 10.2 Å². The van der Waals surface area contributed by atoms with Crippen LogP contribution in [0.5, 0.6) is 0 Å². The fourth-order valence-electron chi connectivity index (χ4n) is 5.80. The van der Waals surface area contributed by atoms with Gasteiger partial charge in [-0.25, -0.2) is 8.42 Å². The van der Waals surface area contributed by atoms with E-state index in [1.807, 2.05) is 92.7 Å². The van der Waals surface area contributed by atoms with Gasteiger partial charge in [-0.3, -0.25) is 13.9 Å². The zero-order valence-corrected chi connectivity index (χ0v) is 25.8. The molecule has 1 N–H and O–H groups in total. The lowest BCUT2D eigenvalue weighted by Gasteiger charge is -2.33. The molecule has 224 valence electrons. The van der Waals surface area contributed by atoms with Gasteiger partial charge in [0, 0.05) is 32.0 Å². The van der Waals surface area contributed by atoms with Crippen LogP contribution >= 0.6 is 0 Å². The lowest BCUT2D eigenvalue weighted by Crippen LogP contribution is -2.52. The molecule has 1 fully saturated rings. The Balaban J connectivity index is 1.57. The highest BCUT2D eigenvalue weighted by Crippen LogP contribution is 2.23. The van der Waals surface area contributed by atoms with Gasteiger partial charge in [0.15, 0.2) is 0 Å². The lowest BCUT2D eigenvalue weighted by molar-refractivity contribution is -0.141. The van der Waals surface area contributed by atoms with Crippen LogP contribution in [0.2, 0.25) is 0 Å². The van der Waals surface area contributed by atoms with Crippen LogP contribution in [0.4, 0.5) is 5.69 Å². The first kappa shape index (κ1) is 31.3. The monoisotopic (exact) mass is 589 g/mol. The molecule has 3 aromatic carbocycles. The number of hydrogen-bond donors (Lipinski definition) is 1. The molecule has 0 saturated heterocycles. The molecule has 1 atom stereocenters. The summed E-state index contributed by atoms with van der Waals surface area (Å²) in [5.74, 6) is -0.307. The van der Waals surface area contributed by atoms with E-state index in [1.165, 1.54) is 10.6 Å². The standard InChI is InChI=1S/C34H43N3O4S/c1-26-21-27(2)23-31(22-26)37(42(3,40)41)20-12-19-33(38)36(25-29-15-8-5-9-16-29)32(24-28-13-6-4-7-14-28)34(39)35-30-17-10-11-18-30/h4-9,13-16,21-23,30,32H,10-12,17-20,24-25H2,1-3H3,(H,35,39)/t32-/m1/s1. The van der Waals surface area contributed by atoms with Gasteiger partial charge in [-0.1, -0.05) is 79.6 Å². The maximum absolute atomic E-state index is 14.0. The third-order valence-corrected chi connectivity index (χ3v) is 9.01. The fourth-order valence-corrected chi connectivity index (χ4v) is 6.75. The van der Waals surface area contributed by atoms with E-state index in [1.54, 1.807) is 4.90 Å². The van der Waals surface area contributed by atoms with Crippen molar-refractivity contribution in [3.8, 4) is 0 Å². The van der Waals surface area contributed by atoms with Crippen LogP contribution < -0.4 is 9.62 Å². The van der Waals surface area contributed by atoms with Crippen LogP contribution in [0.1, 0.15) is 60.8 Å². The Morgan fingerprint density at radius 2 is 1.45 bits per heavy atom. The van der Waals surface area contributed by atoms with Gasteiger partial charge in [0.2, 0.25) is 21.8 Å². The number of nitrogens with zero attached hydrogens (tertiary/aromatic N) is 2. The number of nitrogens with one attached hydrogen (secondary N) is 1. The predicted octanol–water partition coefficient (Wildman–Crippen LogP) is 5.55. The summed E-state index contributed by atoms with van der Waals surface area (Å²) in [6.45, 7) is 4.34. The van der Waals surface area contributed by atoms with Gasteiger partial charge in [-0.2, -0.15) is 0 Å². The average molecular weight is 590 g/mol. The van der Waals surface area contributed by atoms with E-state index in [0.717, 1.165) is 47.9 Å². The van der Waals surface area contributed by atoms with E-state index in [-0.39, 0.29) is 30.8 Å². The zero-order valence-electron chi connectivity index (χ0n) is 25.0. The minimum absolute atomic E-state index is 0.117. The summed E-state index contributed by atoms with van der Waals surface area (Å²) in [5, 5.41) is 3.23. The third-order valence-electron chi connectivity index (χ3n) is 7.82. The highest BCUT2D eigenvalue weighted by Gasteiger charge is 2.32. The Labute approximate surface area is 251 Å². The first-order valence-electron chi connectivity index (χ1n) is 14.8. The van der Waals surface area contributed by atoms with Crippen molar-refractivity contribution in [2.75, 3.05) is 17.1 Å². The largest absolute Gasteiger partial charge is 0.352 e. The number of rotatable bonds is 13. The molecule has 0 aromatic heterocycles. The fraction of sp³-hybridized carbons (Fsp3) is 0.412. The summed E-state index contributed by atoms with van der Waals surface area (Å²) in [4.78, 5) is 29.5. The molecule has 0 bridgehead atoms. The van der Waals surface area contributed by atoms with Gasteiger partial charge in [0.25, 0.3) is 0 Å². The molecule has 7 nitrogen and oxygen atoms in total. The zero-order chi connectivity index (χ0) is 30.1. The number of amides is 2. The number of hydrogen-bond acceptors (Lipinski definition) is 4. The van der Waals surface area contributed by atoms with Crippen molar-refractivity contribution in [3.63, 3.8) is 0 Å². The van der Waals surface area contributed by atoms with E-state index in [9.17, 15) is 18.0 Å². The number of carbonyl (C=O) groups is 2. The SMILES string of the molecule is Cc1cc(C)cc(N(CCCC(=O)N(Cc2ccccc2)[C@H](Cc2ccccc2)C(=O)NC2CCCC2)S(C)(=O)=O)c1. The van der Waals surface area contributed by atoms with Crippen LogP contribution in [0.25, 0.3) is 0 Å². The smallest absolute Gasteiger partial charge is 0.243 e. The van der Waals surface area contributed by atoms with Crippen molar-refractivity contribution in [3.05, 3.63) is 101 Å². The summed E-state index contributed by atoms with van der Waals surface area (Å²) >= 11 is 0. The number of aryl methyl sites for hydroxylation is 2. The van der Waals surface area contributed by atoms with Crippen LogP contribution in [0.15, 0.2) is 78.9 Å². The molecule has 3 aromatic rings. The molecule has 1 saturated carbocycles. The highest BCUT2D eigenvalue weighted by atomic mass is 32.2. The van der Waals surface area contributed by atoms with Crippen molar-refractivity contribution < 1.29 is 18.0 Å². The van der Waals surface area contributed by atoms with Gasteiger partial charge >= 0.3 is 0 Å². The second-order valence-corrected chi connectivity index (χ2v) is 13.4. The lowest BCUT2D eigenvalue weighted by atomic mass is 10.0. The Morgan fingerprint density at radius 1 is 0.881 bits per heavy atom. The van der Waals surface area contributed by atoms with Crippen LogP contribution in [-0.2, 0) is 32.6 Å². The molecule has 0 radical (unpaired) electrons. The molecular weight excluding hydrogens is 546 g/mol. The summed E-state index contributed by atoms with van der Waals surface area (Å²) in [7, 11) is -3.56. The minimum Gasteiger partial charge on any atom is -0.352 e. The second kappa shape index (κ2) is 14.5. The Bertz CT molecular complexity index is 1420. The van der Waals surface area contributed by atoms with Crippen LogP contribution in [-0.4, -0.2) is 50.0 Å². The van der Waals surface area contributed by atoms with E-state index in [4.69, 9.17) is 0 Å². The molecule has 42 heavy (non-hydrogen) atoms. The van der Waals surface area contributed by atoms with Crippen molar-refractivity contribution in [2.24, 2.45) is 0 Å². The van der Waals surface area contributed by atoms with Crippen molar-refractivity contribution in [2.45, 2.75) is 77.4 Å². The molecule has 2 amide bonds. The molecule has 4 rings (SSSR count). The first-order chi connectivity index (χ1) is 20.1. The van der Waals surface area contributed by atoms with Gasteiger partial charge in [0.1, 0.15) is 6.04 Å². The molecule has 0 unspecified atom stereocenters. The summed E-state index contributed by atoms with van der Waals surface area (Å²) in [6.07, 6.45) is 6.13. The number of benzene rings is 3. The van der Waals surface area contributed by atoms with E-state index >= 15 is 0 Å². The quantitative estimate of drug-likeness (QED) is 0.283. The summed E-state index contributed by atoms with van der Waals surface area (Å²) in [5.41, 5.74) is 4.46. The van der Waals surface area contributed by atoms with Crippen LogP contribution in [0, 0.1) is 13.8 Å². The molecule has 0 aliphatic heterocycles. The maximum atomic E-state index is 14.0. The average Bonchev–Trinajstić information content (AvgIpc) is 3.45. The maximum Gasteiger partial charge on any atom is 0.243 e. The summed E-state index contributed by atoms with van der Waals surface area (Å²) in [6, 6.07) is 24.6. The van der Waals surface area contributed by atoms with Crippen molar-refractivity contribution in [1.29, 1.82) is 0 Å². The summed E-state index contributed by atoms with van der Waals surface area (Å²) < 4.78 is 26.9. The molecule has 1 aliphatic carbocycles. The number of anilines is 1. The number of carbonyl (C=O) groups excluding carboxylic acids is 2. The van der Waals surface area contributed by atoms with Crippen LogP contribution in [0.3, 0.4) is 0 Å². The van der Waals surface area contributed by atoms with Gasteiger partial charge in [-0.15, -0.1) is 0 Å². The van der Waals surface area contributed by atoms with Gasteiger partial charge < -0.3 is 10.2 Å². The molecule has 1 aliphatic rings. The van der Waals surface area contributed by atoms with E-state index in [2.05, 4.69) is 5.32 Å². The topological polar surface area (TPSA) is 86.8 Å². The van der Waals surface area contributed by atoms with E-state index in [0.29, 0.717) is 25.1 Å². The minimum atomic E-state index is -3.56. The molecule has 0 heterocycles. The number of sulfonamides is 1. The molecule has 0 spiro atoms.